The minimum Gasteiger partial charge on any atom is -0.494 e. The molecule has 2 unspecified atom stereocenters. The molecule has 1 fully saturated rings. The molecule has 4 nitrogen and oxygen atoms in total. The average Bonchev–Trinajstić information content (AvgIpc) is 3.14. The van der Waals surface area contributed by atoms with Gasteiger partial charge in [0.15, 0.2) is 0 Å². The zero-order chi connectivity index (χ0) is 14.5. The Morgan fingerprint density at radius 1 is 1.35 bits per heavy atom. The minimum absolute atomic E-state index is 0.136. The number of amides is 1. The molecular formula is C16H24N2O2. The van der Waals surface area contributed by atoms with Crippen LogP contribution >= 0.6 is 0 Å². The standard InChI is InChI=1S/C16H24N2O2/c1-12-11-15(12)16(19)17-13-5-7-14(8-6-13)20-10-4-9-18(2)3/h5-8,12,15H,4,9-11H2,1-3H3,(H,17,19). The van der Waals surface area contributed by atoms with Gasteiger partial charge in [0.1, 0.15) is 5.75 Å². The van der Waals surface area contributed by atoms with Crippen LogP contribution in [0.1, 0.15) is 19.8 Å². The van der Waals surface area contributed by atoms with Crippen molar-refractivity contribution in [2.24, 2.45) is 11.8 Å². The first-order chi connectivity index (χ1) is 9.56. The summed E-state index contributed by atoms with van der Waals surface area (Å²) in [6.07, 6.45) is 2.02. The lowest BCUT2D eigenvalue weighted by molar-refractivity contribution is -0.117. The van der Waals surface area contributed by atoms with E-state index in [4.69, 9.17) is 4.74 Å². The maximum atomic E-state index is 11.8. The first-order valence-corrected chi connectivity index (χ1v) is 7.24. The molecule has 0 radical (unpaired) electrons. The predicted octanol–water partition coefficient (Wildman–Crippen LogP) is 2.61. The number of carbonyl (C=O) groups is 1. The molecule has 4 heteroatoms. The lowest BCUT2D eigenvalue weighted by Crippen LogP contribution is -2.15. The maximum absolute atomic E-state index is 11.8. The smallest absolute Gasteiger partial charge is 0.227 e. The fourth-order valence-electron chi connectivity index (χ4n) is 2.13. The molecule has 0 spiro atoms. The summed E-state index contributed by atoms with van der Waals surface area (Å²) in [5, 5.41) is 2.94. The Morgan fingerprint density at radius 2 is 2.00 bits per heavy atom. The van der Waals surface area contributed by atoms with Crippen molar-refractivity contribution in [3.63, 3.8) is 0 Å². The van der Waals surface area contributed by atoms with Gasteiger partial charge in [-0.05, 0) is 57.1 Å². The molecular weight excluding hydrogens is 252 g/mol. The van der Waals surface area contributed by atoms with Gasteiger partial charge < -0.3 is 15.0 Å². The summed E-state index contributed by atoms with van der Waals surface area (Å²) >= 11 is 0. The molecule has 0 aromatic heterocycles. The molecule has 2 atom stereocenters. The van der Waals surface area contributed by atoms with Gasteiger partial charge >= 0.3 is 0 Å². The Kier molecular flexibility index (Phi) is 5.01. The van der Waals surface area contributed by atoms with Crippen LogP contribution in [0.2, 0.25) is 0 Å². The van der Waals surface area contributed by atoms with Crippen LogP contribution in [-0.2, 0) is 4.79 Å². The molecule has 0 bridgehead atoms. The number of anilines is 1. The number of rotatable bonds is 7. The lowest BCUT2D eigenvalue weighted by atomic mass is 10.2. The number of nitrogens with zero attached hydrogens (tertiary/aromatic N) is 1. The first kappa shape index (κ1) is 14.9. The monoisotopic (exact) mass is 276 g/mol. The zero-order valence-electron chi connectivity index (χ0n) is 12.6. The summed E-state index contributed by atoms with van der Waals surface area (Å²) in [6.45, 7) is 3.84. The van der Waals surface area contributed by atoms with Crippen LogP contribution in [0, 0.1) is 11.8 Å². The third kappa shape index (κ3) is 4.53. The van der Waals surface area contributed by atoms with Gasteiger partial charge in [-0.2, -0.15) is 0 Å². The quantitative estimate of drug-likeness (QED) is 0.778. The summed E-state index contributed by atoms with van der Waals surface area (Å²) < 4.78 is 5.65. The van der Waals surface area contributed by atoms with Crippen LogP contribution in [0.4, 0.5) is 5.69 Å². The van der Waals surface area contributed by atoms with Crippen molar-refractivity contribution in [1.29, 1.82) is 0 Å². The molecule has 1 amide bonds. The van der Waals surface area contributed by atoms with E-state index in [1.54, 1.807) is 0 Å². The highest BCUT2D eigenvalue weighted by atomic mass is 16.5. The number of ether oxygens (including phenoxy) is 1. The second-order valence-corrected chi connectivity index (χ2v) is 5.84. The lowest BCUT2D eigenvalue weighted by Gasteiger charge is -2.11. The normalized spacial score (nSPS) is 20.8. The van der Waals surface area contributed by atoms with E-state index in [9.17, 15) is 4.79 Å². The van der Waals surface area contributed by atoms with Crippen LogP contribution in [0.15, 0.2) is 24.3 Å². The van der Waals surface area contributed by atoms with Gasteiger partial charge in [0, 0.05) is 18.2 Å². The largest absolute Gasteiger partial charge is 0.494 e. The van der Waals surface area contributed by atoms with Crippen molar-refractivity contribution in [3.8, 4) is 5.75 Å². The molecule has 1 saturated carbocycles. The van der Waals surface area contributed by atoms with Crippen molar-refractivity contribution in [2.75, 3.05) is 32.6 Å². The Labute approximate surface area is 121 Å². The molecule has 0 heterocycles. The van der Waals surface area contributed by atoms with E-state index in [0.717, 1.165) is 30.8 Å². The van der Waals surface area contributed by atoms with Gasteiger partial charge in [0.2, 0.25) is 5.91 Å². The van der Waals surface area contributed by atoms with Crippen LogP contribution in [-0.4, -0.2) is 38.1 Å². The van der Waals surface area contributed by atoms with E-state index in [0.29, 0.717) is 12.5 Å². The third-order valence-corrected chi connectivity index (χ3v) is 3.59. The van der Waals surface area contributed by atoms with Crippen LogP contribution in [0.5, 0.6) is 5.75 Å². The molecule has 2 rings (SSSR count). The molecule has 20 heavy (non-hydrogen) atoms. The first-order valence-electron chi connectivity index (χ1n) is 7.24. The van der Waals surface area contributed by atoms with Crippen molar-refractivity contribution < 1.29 is 9.53 Å². The SMILES string of the molecule is CC1CC1C(=O)Nc1ccc(OCCCN(C)C)cc1. The van der Waals surface area contributed by atoms with Crippen molar-refractivity contribution >= 4 is 11.6 Å². The molecule has 110 valence electrons. The molecule has 1 aliphatic rings. The fraction of sp³-hybridized carbons (Fsp3) is 0.562. The average molecular weight is 276 g/mol. The minimum atomic E-state index is 0.136. The van der Waals surface area contributed by atoms with Gasteiger partial charge in [-0.15, -0.1) is 0 Å². The highest BCUT2D eigenvalue weighted by molar-refractivity contribution is 5.94. The Balaban J connectivity index is 1.73. The third-order valence-electron chi connectivity index (χ3n) is 3.59. The molecule has 0 saturated heterocycles. The van der Waals surface area contributed by atoms with E-state index in [1.807, 2.05) is 24.3 Å². The summed E-state index contributed by atoms with van der Waals surface area (Å²) in [7, 11) is 4.11. The highest BCUT2D eigenvalue weighted by Gasteiger charge is 2.38. The molecule has 1 N–H and O–H groups in total. The number of hydrogen-bond donors (Lipinski definition) is 1. The number of benzene rings is 1. The summed E-state index contributed by atoms with van der Waals surface area (Å²) in [4.78, 5) is 13.9. The summed E-state index contributed by atoms with van der Waals surface area (Å²) in [5.74, 6) is 1.73. The number of hydrogen-bond acceptors (Lipinski definition) is 3. The van der Waals surface area contributed by atoms with Crippen molar-refractivity contribution in [1.82, 2.24) is 4.90 Å². The van der Waals surface area contributed by atoms with Gasteiger partial charge in [0.05, 0.1) is 6.61 Å². The van der Waals surface area contributed by atoms with E-state index in [1.165, 1.54) is 0 Å². The number of carbonyl (C=O) groups excluding carboxylic acids is 1. The molecule has 0 aliphatic heterocycles. The van der Waals surface area contributed by atoms with E-state index in [2.05, 4.69) is 31.2 Å². The van der Waals surface area contributed by atoms with Crippen molar-refractivity contribution in [2.45, 2.75) is 19.8 Å². The van der Waals surface area contributed by atoms with Crippen molar-refractivity contribution in [3.05, 3.63) is 24.3 Å². The molecule has 1 aromatic rings. The summed E-state index contributed by atoms with van der Waals surface area (Å²) in [5.41, 5.74) is 0.842. The second kappa shape index (κ2) is 6.75. The Hall–Kier alpha value is -1.55. The second-order valence-electron chi connectivity index (χ2n) is 5.84. The van der Waals surface area contributed by atoms with Crippen LogP contribution < -0.4 is 10.1 Å². The van der Waals surface area contributed by atoms with Crippen LogP contribution in [0.25, 0.3) is 0 Å². The Morgan fingerprint density at radius 3 is 2.55 bits per heavy atom. The van der Waals surface area contributed by atoms with E-state index < -0.39 is 0 Å². The Bertz CT molecular complexity index is 442. The topological polar surface area (TPSA) is 41.6 Å². The molecule has 1 aliphatic carbocycles. The van der Waals surface area contributed by atoms with Gasteiger partial charge in [0.25, 0.3) is 0 Å². The predicted molar refractivity (Wildman–Crippen MR) is 81.0 cm³/mol. The zero-order valence-corrected chi connectivity index (χ0v) is 12.6. The maximum Gasteiger partial charge on any atom is 0.227 e. The van der Waals surface area contributed by atoms with Gasteiger partial charge in [-0.3, -0.25) is 4.79 Å². The van der Waals surface area contributed by atoms with Gasteiger partial charge in [-0.1, -0.05) is 6.92 Å². The van der Waals surface area contributed by atoms with E-state index >= 15 is 0 Å². The van der Waals surface area contributed by atoms with Gasteiger partial charge in [-0.25, -0.2) is 0 Å². The van der Waals surface area contributed by atoms with Crippen LogP contribution in [0.3, 0.4) is 0 Å². The number of nitrogens with one attached hydrogen (secondary N) is 1. The highest BCUT2D eigenvalue weighted by Crippen LogP contribution is 2.38. The molecule has 1 aromatic carbocycles. The summed E-state index contributed by atoms with van der Waals surface area (Å²) in [6, 6.07) is 7.60. The van der Waals surface area contributed by atoms with E-state index in [-0.39, 0.29) is 11.8 Å². The fourth-order valence-corrected chi connectivity index (χ4v) is 2.13.